The lowest BCUT2D eigenvalue weighted by Gasteiger charge is -2.35. The van der Waals surface area contributed by atoms with Crippen LogP contribution >= 0.6 is 0 Å². The second kappa shape index (κ2) is 7.38. The summed E-state index contributed by atoms with van der Waals surface area (Å²) < 4.78 is 5.09. The summed E-state index contributed by atoms with van der Waals surface area (Å²) in [7, 11) is 1.42. The van der Waals surface area contributed by atoms with E-state index in [2.05, 4.69) is 24.4 Å². The third kappa shape index (κ3) is 3.60. The van der Waals surface area contributed by atoms with Gasteiger partial charge in [0.1, 0.15) is 6.04 Å². The molecule has 0 saturated heterocycles. The van der Waals surface area contributed by atoms with Crippen LogP contribution in [0, 0.1) is 5.41 Å². The second-order valence-electron chi connectivity index (χ2n) is 7.04. The van der Waals surface area contributed by atoms with Crippen LogP contribution in [-0.2, 0) is 22.4 Å². The predicted octanol–water partition coefficient (Wildman–Crippen LogP) is 2.66. The molecule has 0 amide bonds. The van der Waals surface area contributed by atoms with E-state index < -0.39 is 6.04 Å². The summed E-state index contributed by atoms with van der Waals surface area (Å²) >= 11 is 0. The summed E-state index contributed by atoms with van der Waals surface area (Å²) in [4.78, 5) is 12.6. The molecule has 0 unspecified atom stereocenters. The van der Waals surface area contributed by atoms with Crippen molar-refractivity contribution in [3.05, 3.63) is 71.3 Å². The van der Waals surface area contributed by atoms with Gasteiger partial charge in [0.15, 0.2) is 0 Å². The van der Waals surface area contributed by atoms with Crippen molar-refractivity contribution in [3.8, 4) is 0 Å². The molecular weight excluding hydrogens is 314 g/mol. The van der Waals surface area contributed by atoms with Crippen molar-refractivity contribution in [1.29, 1.82) is 0 Å². The van der Waals surface area contributed by atoms with Gasteiger partial charge in [-0.1, -0.05) is 61.5 Å². The first-order valence-electron chi connectivity index (χ1n) is 8.64. The summed E-state index contributed by atoms with van der Waals surface area (Å²) in [6.45, 7) is 2.03. The molecule has 0 spiro atoms. The molecule has 132 valence electrons. The normalized spacial score (nSPS) is 17.6. The van der Waals surface area contributed by atoms with Gasteiger partial charge in [-0.15, -0.1) is 0 Å². The number of ether oxygens (including phenoxy) is 1. The fourth-order valence-electron chi connectivity index (χ4n) is 3.85. The zero-order valence-electron chi connectivity index (χ0n) is 14.7. The van der Waals surface area contributed by atoms with Gasteiger partial charge in [0, 0.05) is 5.41 Å². The zero-order valence-corrected chi connectivity index (χ0v) is 14.7. The molecule has 0 saturated carbocycles. The van der Waals surface area contributed by atoms with E-state index in [9.17, 15) is 9.90 Å². The van der Waals surface area contributed by atoms with E-state index in [0.29, 0.717) is 0 Å². The first kappa shape index (κ1) is 17.6. The maximum absolute atomic E-state index is 12.6. The van der Waals surface area contributed by atoms with Crippen LogP contribution in [-0.4, -0.2) is 30.8 Å². The summed E-state index contributed by atoms with van der Waals surface area (Å²) in [5, 5.41) is 13.2. The third-order valence-electron chi connectivity index (χ3n) is 5.19. The average molecular weight is 339 g/mol. The minimum Gasteiger partial charge on any atom is -0.468 e. The van der Waals surface area contributed by atoms with Gasteiger partial charge in [0.2, 0.25) is 0 Å². The van der Waals surface area contributed by atoms with Gasteiger partial charge in [0.05, 0.1) is 19.8 Å². The summed E-state index contributed by atoms with van der Waals surface area (Å²) in [6.07, 6.45) is 1.62. The predicted molar refractivity (Wildman–Crippen MR) is 97.2 cm³/mol. The number of hydrogen-bond donors (Lipinski definition) is 2. The Morgan fingerprint density at radius 2 is 1.68 bits per heavy atom. The molecule has 0 fully saturated rings. The molecule has 2 N–H and O–H groups in total. The van der Waals surface area contributed by atoms with E-state index in [4.69, 9.17) is 4.74 Å². The first-order chi connectivity index (χ1) is 12.1. The standard InChI is InChI=1S/C21H25NO3/c1-21(12-16-10-6-7-11-17(16)13-21)19(20(24)25-2)22-18(14-23)15-8-4-3-5-9-15/h3-11,18-19,22-23H,12-14H2,1-2H3/t18-,19+/m0/s1. The summed E-state index contributed by atoms with van der Waals surface area (Å²) in [5.74, 6) is -0.287. The van der Waals surface area contributed by atoms with Crippen molar-refractivity contribution in [2.75, 3.05) is 13.7 Å². The van der Waals surface area contributed by atoms with E-state index in [-0.39, 0.29) is 24.0 Å². The Morgan fingerprint density at radius 1 is 1.12 bits per heavy atom. The Bertz CT molecular complexity index is 704. The highest BCUT2D eigenvalue weighted by atomic mass is 16.5. The lowest BCUT2D eigenvalue weighted by molar-refractivity contribution is -0.147. The Morgan fingerprint density at radius 3 is 2.20 bits per heavy atom. The van der Waals surface area contributed by atoms with E-state index in [0.717, 1.165) is 18.4 Å². The van der Waals surface area contributed by atoms with Gasteiger partial charge >= 0.3 is 5.97 Å². The maximum Gasteiger partial charge on any atom is 0.323 e. The minimum absolute atomic E-state index is 0.0828. The first-order valence-corrected chi connectivity index (χ1v) is 8.64. The van der Waals surface area contributed by atoms with Crippen LogP contribution in [0.25, 0.3) is 0 Å². The van der Waals surface area contributed by atoms with Crippen LogP contribution in [0.15, 0.2) is 54.6 Å². The lowest BCUT2D eigenvalue weighted by Crippen LogP contribution is -2.52. The molecule has 0 aromatic heterocycles. The van der Waals surface area contributed by atoms with Crippen molar-refractivity contribution in [3.63, 3.8) is 0 Å². The van der Waals surface area contributed by atoms with Crippen molar-refractivity contribution in [2.24, 2.45) is 5.41 Å². The molecule has 2 atom stereocenters. The van der Waals surface area contributed by atoms with E-state index >= 15 is 0 Å². The van der Waals surface area contributed by atoms with Gasteiger partial charge in [-0.3, -0.25) is 10.1 Å². The van der Waals surface area contributed by atoms with Crippen LogP contribution < -0.4 is 5.32 Å². The molecule has 4 nitrogen and oxygen atoms in total. The molecule has 0 radical (unpaired) electrons. The molecule has 0 bridgehead atoms. The number of esters is 1. The van der Waals surface area contributed by atoms with E-state index in [1.165, 1.54) is 18.2 Å². The molecule has 1 aliphatic rings. The van der Waals surface area contributed by atoms with Crippen LogP contribution in [0.3, 0.4) is 0 Å². The number of nitrogens with one attached hydrogen (secondary N) is 1. The fourth-order valence-corrected chi connectivity index (χ4v) is 3.85. The molecule has 2 aromatic carbocycles. The van der Waals surface area contributed by atoms with Crippen LogP contribution in [0.1, 0.15) is 29.7 Å². The number of aliphatic hydroxyl groups is 1. The molecule has 1 aliphatic carbocycles. The monoisotopic (exact) mass is 339 g/mol. The Balaban J connectivity index is 1.87. The average Bonchev–Trinajstić information content (AvgIpc) is 2.99. The highest BCUT2D eigenvalue weighted by Crippen LogP contribution is 2.40. The van der Waals surface area contributed by atoms with Gasteiger partial charge in [0.25, 0.3) is 0 Å². The van der Waals surface area contributed by atoms with Crippen molar-refractivity contribution in [2.45, 2.75) is 31.8 Å². The van der Waals surface area contributed by atoms with Crippen molar-refractivity contribution in [1.82, 2.24) is 5.32 Å². The number of methoxy groups -OCH3 is 1. The smallest absolute Gasteiger partial charge is 0.323 e. The number of rotatable bonds is 6. The molecular formula is C21H25NO3. The van der Waals surface area contributed by atoms with Crippen LogP contribution in [0.2, 0.25) is 0 Å². The number of hydrogen-bond acceptors (Lipinski definition) is 4. The van der Waals surface area contributed by atoms with Crippen LogP contribution in [0.4, 0.5) is 0 Å². The molecule has 0 heterocycles. The molecule has 25 heavy (non-hydrogen) atoms. The lowest BCUT2D eigenvalue weighted by atomic mass is 9.78. The Kier molecular flexibility index (Phi) is 5.21. The van der Waals surface area contributed by atoms with Crippen molar-refractivity contribution < 1.29 is 14.6 Å². The maximum atomic E-state index is 12.6. The van der Waals surface area contributed by atoms with Gasteiger partial charge in [-0.05, 0) is 29.5 Å². The van der Waals surface area contributed by atoms with Gasteiger partial charge in [-0.25, -0.2) is 0 Å². The SMILES string of the molecule is COC(=O)[C@@H](N[C@@H](CO)c1ccccc1)C1(C)Cc2ccccc2C1. The highest BCUT2D eigenvalue weighted by Gasteiger charge is 2.44. The molecule has 0 aliphatic heterocycles. The number of carbonyl (C=O) groups is 1. The number of fused-ring (bicyclic) bond motifs is 1. The number of carbonyl (C=O) groups excluding carboxylic acids is 1. The minimum atomic E-state index is -0.498. The van der Waals surface area contributed by atoms with E-state index in [1.807, 2.05) is 42.5 Å². The quantitative estimate of drug-likeness (QED) is 0.795. The largest absolute Gasteiger partial charge is 0.468 e. The third-order valence-corrected chi connectivity index (χ3v) is 5.19. The molecule has 3 rings (SSSR count). The second-order valence-corrected chi connectivity index (χ2v) is 7.04. The fraction of sp³-hybridized carbons (Fsp3) is 0.381. The van der Waals surface area contributed by atoms with E-state index in [1.54, 1.807) is 0 Å². The highest BCUT2D eigenvalue weighted by molar-refractivity contribution is 5.77. The Labute approximate surface area is 148 Å². The summed E-state index contributed by atoms with van der Waals surface area (Å²) in [5.41, 5.74) is 3.22. The molecule has 4 heteroatoms. The van der Waals surface area contributed by atoms with Crippen LogP contribution in [0.5, 0.6) is 0 Å². The van der Waals surface area contributed by atoms with Crippen molar-refractivity contribution >= 4 is 5.97 Å². The summed E-state index contributed by atoms with van der Waals surface area (Å²) in [6, 6.07) is 17.2. The van der Waals surface area contributed by atoms with Gasteiger partial charge in [-0.2, -0.15) is 0 Å². The van der Waals surface area contributed by atoms with Gasteiger partial charge < -0.3 is 9.84 Å². The molecule has 2 aromatic rings. The zero-order chi connectivity index (χ0) is 17.9. The number of benzene rings is 2. The Hall–Kier alpha value is -2.17. The topological polar surface area (TPSA) is 58.6 Å². The number of aliphatic hydroxyl groups excluding tert-OH is 1.